The summed E-state index contributed by atoms with van der Waals surface area (Å²) in [5, 5.41) is 11.4. The molecule has 27 heavy (non-hydrogen) atoms. The topological polar surface area (TPSA) is 102 Å². The van der Waals surface area contributed by atoms with E-state index in [4.69, 9.17) is 10.5 Å². The minimum absolute atomic E-state index is 0.0901. The molecule has 4 N–H and O–H groups in total. The fourth-order valence-corrected chi connectivity index (χ4v) is 3.41. The van der Waals surface area contributed by atoms with Gasteiger partial charge in [0.1, 0.15) is 11.6 Å². The Morgan fingerprint density at radius 3 is 3.04 bits per heavy atom. The van der Waals surface area contributed by atoms with Gasteiger partial charge in [-0.25, -0.2) is 4.98 Å². The van der Waals surface area contributed by atoms with E-state index < -0.39 is 0 Å². The maximum atomic E-state index is 6.13. The molecule has 142 valence electrons. The molecule has 4 rings (SSSR count). The lowest BCUT2D eigenvalue weighted by molar-refractivity contribution is 0.414. The summed E-state index contributed by atoms with van der Waals surface area (Å²) < 4.78 is 6.93. The maximum Gasteiger partial charge on any atom is 0.225 e. The number of rotatable bonds is 6. The van der Waals surface area contributed by atoms with Crippen molar-refractivity contribution in [2.24, 2.45) is 0 Å². The van der Waals surface area contributed by atoms with Crippen molar-refractivity contribution in [2.75, 3.05) is 25.9 Å². The van der Waals surface area contributed by atoms with Crippen LogP contribution >= 0.6 is 0 Å². The molecule has 0 amide bonds. The van der Waals surface area contributed by atoms with E-state index in [9.17, 15) is 0 Å². The third-order valence-electron chi connectivity index (χ3n) is 5.06. The predicted octanol–water partition coefficient (Wildman–Crippen LogP) is 1.32. The molecular formula is C19H25N7O. The second kappa shape index (κ2) is 7.50. The van der Waals surface area contributed by atoms with Crippen molar-refractivity contribution in [3.05, 3.63) is 47.4 Å². The molecule has 1 aromatic carbocycles. The molecule has 3 heterocycles. The summed E-state index contributed by atoms with van der Waals surface area (Å²) in [6.07, 6.45) is 1.12. The Hall–Kier alpha value is -2.71. The van der Waals surface area contributed by atoms with Gasteiger partial charge in [-0.15, -0.1) is 0 Å². The van der Waals surface area contributed by atoms with Gasteiger partial charge in [-0.3, -0.25) is 0 Å². The monoisotopic (exact) mass is 367 g/mol. The SMILES string of the molecule is COc1cccc([C@H](C)c2cc3nc(CNC4CCNC4)nc(N)n3n2)c1. The average molecular weight is 367 g/mol. The van der Waals surface area contributed by atoms with Gasteiger partial charge in [0, 0.05) is 24.6 Å². The number of nitrogens with zero attached hydrogens (tertiary/aromatic N) is 4. The van der Waals surface area contributed by atoms with E-state index in [-0.39, 0.29) is 5.92 Å². The first kappa shape index (κ1) is 17.7. The molecule has 0 radical (unpaired) electrons. The highest BCUT2D eigenvalue weighted by molar-refractivity contribution is 5.46. The lowest BCUT2D eigenvalue weighted by atomic mass is 9.98. The molecule has 8 heteroatoms. The molecule has 1 saturated heterocycles. The van der Waals surface area contributed by atoms with Crippen LogP contribution in [0.1, 0.15) is 36.3 Å². The van der Waals surface area contributed by atoms with Gasteiger partial charge in [-0.2, -0.15) is 14.6 Å². The van der Waals surface area contributed by atoms with Gasteiger partial charge in [0.2, 0.25) is 5.95 Å². The smallest absolute Gasteiger partial charge is 0.225 e. The van der Waals surface area contributed by atoms with Gasteiger partial charge >= 0.3 is 0 Å². The maximum absolute atomic E-state index is 6.13. The van der Waals surface area contributed by atoms with E-state index in [0.717, 1.165) is 36.5 Å². The predicted molar refractivity (Wildman–Crippen MR) is 104 cm³/mol. The van der Waals surface area contributed by atoms with Crippen molar-refractivity contribution in [3.63, 3.8) is 0 Å². The molecule has 1 aliphatic heterocycles. The minimum Gasteiger partial charge on any atom is -0.497 e. The van der Waals surface area contributed by atoms with E-state index in [2.05, 4.69) is 38.7 Å². The first-order chi connectivity index (χ1) is 13.1. The van der Waals surface area contributed by atoms with Crippen LogP contribution in [0.5, 0.6) is 5.75 Å². The standard InChI is InChI=1S/C19H25N7O/c1-12(13-4-3-5-15(8-13)27-2)16-9-18-23-17(24-19(20)26(18)25-16)11-22-14-6-7-21-10-14/h3-5,8-9,12,14,21-22H,6-7,10-11H2,1-2H3,(H2,20,23,24)/t12-,14?/m0/s1. The van der Waals surface area contributed by atoms with Gasteiger partial charge < -0.3 is 21.1 Å². The van der Waals surface area contributed by atoms with E-state index in [1.807, 2.05) is 24.3 Å². The van der Waals surface area contributed by atoms with Crippen molar-refractivity contribution >= 4 is 11.6 Å². The van der Waals surface area contributed by atoms with Crippen molar-refractivity contribution in [3.8, 4) is 5.75 Å². The Morgan fingerprint density at radius 1 is 1.37 bits per heavy atom. The van der Waals surface area contributed by atoms with Crippen molar-refractivity contribution in [1.82, 2.24) is 30.2 Å². The van der Waals surface area contributed by atoms with Crippen LogP contribution in [0.3, 0.4) is 0 Å². The number of benzene rings is 1. The largest absolute Gasteiger partial charge is 0.497 e. The molecule has 1 fully saturated rings. The molecule has 8 nitrogen and oxygen atoms in total. The summed E-state index contributed by atoms with van der Waals surface area (Å²) in [6.45, 7) is 4.73. The first-order valence-corrected chi connectivity index (χ1v) is 9.24. The van der Waals surface area contributed by atoms with Crippen molar-refractivity contribution in [2.45, 2.75) is 31.8 Å². The lowest BCUT2D eigenvalue weighted by Crippen LogP contribution is -2.31. The van der Waals surface area contributed by atoms with Gasteiger partial charge in [0.25, 0.3) is 0 Å². The molecule has 0 saturated carbocycles. The molecule has 1 unspecified atom stereocenters. The molecule has 3 aromatic rings. The minimum atomic E-state index is 0.0901. The van der Waals surface area contributed by atoms with Crippen LogP contribution in [0, 0.1) is 0 Å². The Bertz CT molecular complexity index is 933. The third-order valence-corrected chi connectivity index (χ3v) is 5.06. The molecule has 2 aromatic heterocycles. The Labute approximate surface area is 158 Å². The summed E-state index contributed by atoms with van der Waals surface area (Å²) in [5.74, 6) is 1.96. The van der Waals surface area contributed by atoms with Gasteiger partial charge in [0.15, 0.2) is 5.65 Å². The van der Waals surface area contributed by atoms with Crippen LogP contribution in [0.4, 0.5) is 5.95 Å². The zero-order chi connectivity index (χ0) is 18.8. The summed E-state index contributed by atoms with van der Waals surface area (Å²) in [6, 6.07) is 10.4. The van der Waals surface area contributed by atoms with Crippen LogP contribution in [0.25, 0.3) is 5.65 Å². The van der Waals surface area contributed by atoms with Gasteiger partial charge in [-0.1, -0.05) is 19.1 Å². The fraction of sp³-hybridized carbons (Fsp3) is 0.421. The number of ether oxygens (including phenoxy) is 1. The number of aromatic nitrogens is 4. The second-order valence-corrected chi connectivity index (χ2v) is 6.91. The number of hydrogen-bond donors (Lipinski definition) is 3. The van der Waals surface area contributed by atoms with Crippen LogP contribution in [0.2, 0.25) is 0 Å². The highest BCUT2D eigenvalue weighted by Crippen LogP contribution is 2.26. The van der Waals surface area contributed by atoms with Gasteiger partial charge in [0.05, 0.1) is 19.3 Å². The number of methoxy groups -OCH3 is 1. The van der Waals surface area contributed by atoms with Crippen molar-refractivity contribution in [1.29, 1.82) is 0 Å². The average Bonchev–Trinajstić information content (AvgIpc) is 3.35. The van der Waals surface area contributed by atoms with E-state index in [0.29, 0.717) is 30.0 Å². The highest BCUT2D eigenvalue weighted by Gasteiger charge is 2.17. The number of nitrogen functional groups attached to an aromatic ring is 1. The Morgan fingerprint density at radius 2 is 2.26 bits per heavy atom. The summed E-state index contributed by atoms with van der Waals surface area (Å²) in [7, 11) is 1.67. The van der Waals surface area contributed by atoms with Crippen LogP contribution in [-0.4, -0.2) is 45.8 Å². The summed E-state index contributed by atoms with van der Waals surface area (Å²) in [4.78, 5) is 9.03. The second-order valence-electron chi connectivity index (χ2n) is 6.91. The van der Waals surface area contributed by atoms with Crippen LogP contribution < -0.4 is 21.1 Å². The quantitative estimate of drug-likeness (QED) is 0.604. The Balaban J connectivity index is 1.58. The number of fused-ring (bicyclic) bond motifs is 1. The first-order valence-electron chi connectivity index (χ1n) is 9.24. The van der Waals surface area contributed by atoms with E-state index >= 15 is 0 Å². The Kier molecular flexibility index (Phi) is 4.91. The number of hydrogen-bond acceptors (Lipinski definition) is 7. The fourth-order valence-electron chi connectivity index (χ4n) is 3.41. The molecule has 0 spiro atoms. The van der Waals surface area contributed by atoms with Gasteiger partial charge in [-0.05, 0) is 30.7 Å². The zero-order valence-electron chi connectivity index (χ0n) is 15.6. The summed E-state index contributed by atoms with van der Waals surface area (Å²) in [5.41, 5.74) is 8.87. The zero-order valence-corrected chi connectivity index (χ0v) is 15.6. The van der Waals surface area contributed by atoms with E-state index in [1.54, 1.807) is 11.6 Å². The van der Waals surface area contributed by atoms with E-state index in [1.165, 1.54) is 0 Å². The number of nitrogens with two attached hydrogens (primary N) is 1. The normalized spacial score (nSPS) is 18.1. The third kappa shape index (κ3) is 3.72. The van der Waals surface area contributed by atoms with Crippen molar-refractivity contribution < 1.29 is 4.74 Å². The molecule has 1 aliphatic rings. The molecular weight excluding hydrogens is 342 g/mol. The molecule has 0 aliphatic carbocycles. The van der Waals surface area contributed by atoms with Crippen LogP contribution in [0.15, 0.2) is 30.3 Å². The highest BCUT2D eigenvalue weighted by atomic mass is 16.5. The number of nitrogens with one attached hydrogen (secondary N) is 2. The summed E-state index contributed by atoms with van der Waals surface area (Å²) >= 11 is 0. The number of anilines is 1. The molecule has 2 atom stereocenters. The van der Waals surface area contributed by atoms with Crippen LogP contribution in [-0.2, 0) is 6.54 Å². The molecule has 0 bridgehead atoms. The lowest BCUT2D eigenvalue weighted by Gasteiger charge is -2.10.